The minimum Gasteiger partial charge on any atom is -0.497 e. The first-order chi connectivity index (χ1) is 21.0. The lowest BCUT2D eigenvalue weighted by atomic mass is 10.1. The second kappa shape index (κ2) is 13.4. The van der Waals surface area contributed by atoms with Gasteiger partial charge in [0.2, 0.25) is 11.9 Å². The first kappa shape index (κ1) is 28.9. The summed E-state index contributed by atoms with van der Waals surface area (Å²) in [5, 5.41) is 2.93. The number of anilines is 1. The first-order valence-corrected chi connectivity index (χ1v) is 13.6. The average Bonchev–Trinajstić information content (AvgIpc) is 3.48. The van der Waals surface area contributed by atoms with Crippen molar-refractivity contribution in [1.82, 2.24) is 14.5 Å². The van der Waals surface area contributed by atoms with Crippen LogP contribution in [0.5, 0.6) is 17.2 Å². The lowest BCUT2D eigenvalue weighted by Crippen LogP contribution is -2.38. The quantitative estimate of drug-likeness (QED) is 0.212. The van der Waals surface area contributed by atoms with Crippen molar-refractivity contribution in [3.8, 4) is 34.2 Å². The first-order valence-electron chi connectivity index (χ1n) is 13.6. The topological polar surface area (TPSA) is 94.9 Å². The van der Waals surface area contributed by atoms with Crippen LogP contribution in [0.4, 0.5) is 5.95 Å². The number of carbonyl (C=O) groups excluding carboxylic acids is 2. The number of rotatable bonds is 11. The van der Waals surface area contributed by atoms with Crippen LogP contribution in [-0.2, 0) is 11.3 Å². The molecule has 0 saturated carbocycles. The van der Waals surface area contributed by atoms with Gasteiger partial charge in [0.1, 0.15) is 12.3 Å². The molecule has 0 aliphatic rings. The number of hydrogen-bond donors (Lipinski definition) is 1. The van der Waals surface area contributed by atoms with Crippen molar-refractivity contribution in [3.63, 3.8) is 0 Å². The Balaban J connectivity index is 1.46. The molecule has 218 valence electrons. The fraction of sp³-hybridized carbons (Fsp3) is 0.147. The van der Waals surface area contributed by atoms with Gasteiger partial charge < -0.3 is 19.1 Å². The van der Waals surface area contributed by atoms with E-state index in [1.807, 2.05) is 72.9 Å². The van der Waals surface area contributed by atoms with Gasteiger partial charge >= 0.3 is 0 Å². The molecule has 0 bridgehead atoms. The maximum absolute atomic E-state index is 13.6. The van der Waals surface area contributed by atoms with E-state index in [1.54, 1.807) is 62.3 Å². The van der Waals surface area contributed by atoms with Gasteiger partial charge in [-0.3, -0.25) is 19.5 Å². The SMILES string of the molecule is COc1ccc(C(=O)N(CC(=O)Nc2nc(-c3ccccc3)cn2-c2ccc(OC)c(OC)c2)Cc2ccccc2)cc1. The smallest absolute Gasteiger partial charge is 0.254 e. The summed E-state index contributed by atoms with van der Waals surface area (Å²) in [5.41, 5.74) is 3.61. The Kier molecular flexibility index (Phi) is 9.02. The highest BCUT2D eigenvalue weighted by Gasteiger charge is 2.22. The van der Waals surface area contributed by atoms with E-state index in [0.29, 0.717) is 40.1 Å². The van der Waals surface area contributed by atoms with Gasteiger partial charge in [-0.1, -0.05) is 60.7 Å². The molecule has 1 heterocycles. The van der Waals surface area contributed by atoms with Crippen molar-refractivity contribution in [2.24, 2.45) is 0 Å². The lowest BCUT2D eigenvalue weighted by Gasteiger charge is -2.23. The second-order valence-corrected chi connectivity index (χ2v) is 9.65. The van der Waals surface area contributed by atoms with Crippen LogP contribution in [0.25, 0.3) is 16.9 Å². The highest BCUT2D eigenvalue weighted by molar-refractivity contribution is 5.99. The fourth-order valence-electron chi connectivity index (χ4n) is 4.65. The number of amides is 2. The normalized spacial score (nSPS) is 10.6. The molecular weight excluding hydrogens is 544 g/mol. The van der Waals surface area contributed by atoms with Gasteiger partial charge in [-0.05, 0) is 42.0 Å². The molecule has 4 aromatic carbocycles. The molecular formula is C34H32N4O5. The number of methoxy groups -OCH3 is 3. The number of nitrogens with zero attached hydrogens (tertiary/aromatic N) is 3. The van der Waals surface area contributed by atoms with E-state index in [2.05, 4.69) is 5.32 Å². The average molecular weight is 577 g/mol. The number of ether oxygens (including phenoxy) is 3. The van der Waals surface area contributed by atoms with Crippen LogP contribution < -0.4 is 19.5 Å². The summed E-state index contributed by atoms with van der Waals surface area (Å²) in [7, 11) is 4.70. The van der Waals surface area contributed by atoms with Crippen LogP contribution in [0.3, 0.4) is 0 Å². The van der Waals surface area contributed by atoms with Crippen LogP contribution in [-0.4, -0.2) is 54.1 Å². The molecule has 9 nitrogen and oxygen atoms in total. The zero-order valence-corrected chi connectivity index (χ0v) is 24.2. The van der Waals surface area contributed by atoms with Gasteiger partial charge in [-0.2, -0.15) is 0 Å². The number of nitrogens with one attached hydrogen (secondary N) is 1. The molecule has 1 N–H and O–H groups in total. The van der Waals surface area contributed by atoms with Gasteiger partial charge in [0.05, 0.1) is 32.7 Å². The van der Waals surface area contributed by atoms with Crippen molar-refractivity contribution < 1.29 is 23.8 Å². The van der Waals surface area contributed by atoms with Crippen molar-refractivity contribution >= 4 is 17.8 Å². The van der Waals surface area contributed by atoms with Gasteiger partial charge in [-0.25, -0.2) is 4.98 Å². The second-order valence-electron chi connectivity index (χ2n) is 9.65. The van der Waals surface area contributed by atoms with Crippen LogP contribution in [0.1, 0.15) is 15.9 Å². The highest BCUT2D eigenvalue weighted by Crippen LogP contribution is 2.32. The molecule has 0 radical (unpaired) electrons. The van der Waals surface area contributed by atoms with E-state index in [9.17, 15) is 9.59 Å². The monoisotopic (exact) mass is 576 g/mol. The minimum absolute atomic E-state index is 0.195. The van der Waals surface area contributed by atoms with Crippen LogP contribution in [0.2, 0.25) is 0 Å². The molecule has 0 atom stereocenters. The molecule has 5 aromatic rings. The Hall–Kier alpha value is -5.57. The van der Waals surface area contributed by atoms with Crippen LogP contribution >= 0.6 is 0 Å². The van der Waals surface area contributed by atoms with E-state index < -0.39 is 5.91 Å². The van der Waals surface area contributed by atoms with Crippen molar-refractivity contribution in [2.75, 3.05) is 33.2 Å². The van der Waals surface area contributed by atoms with E-state index in [-0.39, 0.29) is 19.0 Å². The molecule has 0 aliphatic heterocycles. The molecule has 9 heteroatoms. The van der Waals surface area contributed by atoms with Crippen LogP contribution in [0, 0.1) is 0 Å². The number of aromatic nitrogens is 2. The summed E-state index contributed by atoms with van der Waals surface area (Å²) in [6.45, 7) is 0.0533. The molecule has 0 saturated heterocycles. The Morgan fingerprint density at radius 2 is 1.47 bits per heavy atom. The Bertz CT molecular complexity index is 1690. The van der Waals surface area contributed by atoms with E-state index in [0.717, 1.165) is 11.1 Å². The Morgan fingerprint density at radius 1 is 0.791 bits per heavy atom. The molecule has 0 unspecified atom stereocenters. The summed E-state index contributed by atoms with van der Waals surface area (Å²) in [5.74, 6) is 1.37. The van der Waals surface area contributed by atoms with E-state index in [1.165, 1.54) is 4.90 Å². The molecule has 0 fully saturated rings. The predicted octanol–water partition coefficient (Wildman–Crippen LogP) is 5.85. The standard InChI is InChI=1S/C34H32N4O5/c1-41-28-17-14-26(15-18-28)33(40)37(21-24-10-6-4-7-11-24)23-32(39)36-34-35-29(25-12-8-5-9-13-25)22-38(34)27-16-19-30(42-2)31(20-27)43-3/h4-20,22H,21,23H2,1-3H3,(H,35,36,39). The summed E-state index contributed by atoms with van der Waals surface area (Å²) in [4.78, 5) is 33.4. The zero-order chi connectivity index (χ0) is 30.2. The van der Waals surface area contributed by atoms with Crippen LogP contribution in [0.15, 0.2) is 109 Å². The molecule has 43 heavy (non-hydrogen) atoms. The number of benzene rings is 4. The third-order valence-electron chi connectivity index (χ3n) is 6.85. The fourth-order valence-corrected chi connectivity index (χ4v) is 4.65. The molecule has 2 amide bonds. The number of hydrogen-bond acceptors (Lipinski definition) is 6. The molecule has 1 aromatic heterocycles. The Labute approximate surface area is 250 Å². The summed E-state index contributed by atoms with van der Waals surface area (Å²) >= 11 is 0. The molecule has 0 spiro atoms. The summed E-state index contributed by atoms with van der Waals surface area (Å²) in [6.07, 6.45) is 1.84. The zero-order valence-electron chi connectivity index (χ0n) is 24.2. The molecule has 5 rings (SSSR count). The largest absolute Gasteiger partial charge is 0.497 e. The maximum Gasteiger partial charge on any atom is 0.254 e. The number of imidazole rings is 1. The summed E-state index contributed by atoms with van der Waals surface area (Å²) in [6, 6.07) is 31.5. The number of carbonyl (C=O) groups is 2. The van der Waals surface area contributed by atoms with Gasteiger partial charge in [0.25, 0.3) is 5.91 Å². The van der Waals surface area contributed by atoms with Crippen molar-refractivity contribution in [1.29, 1.82) is 0 Å². The molecule has 0 aliphatic carbocycles. The third-order valence-corrected chi connectivity index (χ3v) is 6.85. The van der Waals surface area contributed by atoms with Gasteiger partial charge in [-0.15, -0.1) is 0 Å². The van der Waals surface area contributed by atoms with Crippen molar-refractivity contribution in [3.05, 3.63) is 120 Å². The Morgan fingerprint density at radius 3 is 2.12 bits per heavy atom. The highest BCUT2D eigenvalue weighted by atomic mass is 16.5. The minimum atomic E-state index is -0.398. The van der Waals surface area contributed by atoms with E-state index in [4.69, 9.17) is 19.2 Å². The predicted molar refractivity (Wildman–Crippen MR) is 165 cm³/mol. The van der Waals surface area contributed by atoms with Crippen molar-refractivity contribution in [2.45, 2.75) is 6.54 Å². The maximum atomic E-state index is 13.6. The van der Waals surface area contributed by atoms with Gasteiger partial charge in [0.15, 0.2) is 11.5 Å². The summed E-state index contributed by atoms with van der Waals surface area (Å²) < 4.78 is 17.9. The van der Waals surface area contributed by atoms with Gasteiger partial charge in [0, 0.05) is 29.9 Å². The van der Waals surface area contributed by atoms with E-state index >= 15 is 0 Å². The lowest BCUT2D eigenvalue weighted by molar-refractivity contribution is -0.117. The third kappa shape index (κ3) is 6.84.